The summed E-state index contributed by atoms with van der Waals surface area (Å²) in [7, 11) is 3.99. The second-order valence-electron chi connectivity index (χ2n) is 5.34. The molecule has 2 heterocycles. The molecule has 1 aliphatic rings. The maximum Gasteiger partial charge on any atom is 0.0795 e. The van der Waals surface area contributed by atoms with E-state index in [4.69, 9.17) is 4.74 Å². The van der Waals surface area contributed by atoms with Gasteiger partial charge in [-0.3, -0.25) is 4.90 Å². The molecular formula is C13H23N3OS. The van der Waals surface area contributed by atoms with Gasteiger partial charge in [0.1, 0.15) is 0 Å². The first-order chi connectivity index (χ1) is 8.74. The van der Waals surface area contributed by atoms with Crippen molar-refractivity contribution in [2.45, 2.75) is 19.4 Å². The molecule has 102 valence electrons. The van der Waals surface area contributed by atoms with Crippen LogP contribution in [0.1, 0.15) is 18.5 Å². The molecule has 0 unspecified atom stereocenters. The Morgan fingerprint density at radius 2 is 2.28 bits per heavy atom. The summed E-state index contributed by atoms with van der Waals surface area (Å²) in [6.07, 6.45) is 2.39. The van der Waals surface area contributed by atoms with Crippen molar-refractivity contribution in [2.24, 2.45) is 5.41 Å². The van der Waals surface area contributed by atoms with E-state index < -0.39 is 0 Å². The fourth-order valence-corrected chi connectivity index (χ4v) is 3.38. The van der Waals surface area contributed by atoms with Crippen molar-refractivity contribution in [1.29, 1.82) is 0 Å². The molecule has 0 radical (unpaired) electrons. The summed E-state index contributed by atoms with van der Waals surface area (Å²) in [6.45, 7) is 5.08. The van der Waals surface area contributed by atoms with Crippen molar-refractivity contribution in [1.82, 2.24) is 15.2 Å². The number of hydrogen-bond acceptors (Lipinski definition) is 5. The number of methoxy groups -OCH3 is 1. The van der Waals surface area contributed by atoms with Crippen LogP contribution in [0.25, 0.3) is 0 Å². The number of piperidine rings is 1. The lowest BCUT2D eigenvalue weighted by molar-refractivity contribution is 0.0267. The van der Waals surface area contributed by atoms with Crippen molar-refractivity contribution in [3.8, 4) is 0 Å². The molecule has 1 saturated heterocycles. The Hall–Kier alpha value is -0.490. The van der Waals surface area contributed by atoms with Crippen LogP contribution in [0.4, 0.5) is 0 Å². The minimum atomic E-state index is 0.310. The highest BCUT2D eigenvalue weighted by Crippen LogP contribution is 2.30. The lowest BCUT2D eigenvalue weighted by Crippen LogP contribution is -2.46. The fraction of sp³-hybridized carbons (Fsp3) is 0.769. The molecule has 0 atom stereocenters. The quantitative estimate of drug-likeness (QED) is 0.851. The van der Waals surface area contributed by atoms with Crippen LogP contribution in [-0.4, -0.2) is 50.3 Å². The second kappa shape index (κ2) is 6.61. The van der Waals surface area contributed by atoms with Crippen LogP contribution in [0.2, 0.25) is 0 Å². The lowest BCUT2D eigenvalue weighted by atomic mass is 9.79. The first kappa shape index (κ1) is 13.9. The lowest BCUT2D eigenvalue weighted by Gasteiger charge is -2.39. The van der Waals surface area contributed by atoms with E-state index >= 15 is 0 Å². The second-order valence-corrected chi connectivity index (χ2v) is 6.05. The minimum absolute atomic E-state index is 0.310. The van der Waals surface area contributed by atoms with E-state index in [1.807, 2.05) is 12.6 Å². The first-order valence-corrected chi connectivity index (χ1v) is 7.44. The first-order valence-electron chi connectivity index (χ1n) is 6.49. The zero-order valence-electron chi connectivity index (χ0n) is 11.3. The van der Waals surface area contributed by atoms with Gasteiger partial charge in [0.05, 0.1) is 17.8 Å². The number of aromatic nitrogens is 1. The smallest absolute Gasteiger partial charge is 0.0795 e. The monoisotopic (exact) mass is 269 g/mol. The van der Waals surface area contributed by atoms with E-state index in [0.29, 0.717) is 5.41 Å². The molecule has 1 aliphatic heterocycles. The van der Waals surface area contributed by atoms with Crippen molar-refractivity contribution >= 4 is 11.3 Å². The van der Waals surface area contributed by atoms with Crippen molar-refractivity contribution in [2.75, 3.05) is 40.4 Å². The Balaban J connectivity index is 1.91. The molecule has 1 aromatic heterocycles. The van der Waals surface area contributed by atoms with E-state index in [-0.39, 0.29) is 0 Å². The average Bonchev–Trinajstić information content (AvgIpc) is 2.83. The fourth-order valence-electron chi connectivity index (χ4n) is 2.83. The number of nitrogens with one attached hydrogen (secondary N) is 1. The van der Waals surface area contributed by atoms with Crippen LogP contribution in [0.15, 0.2) is 10.9 Å². The molecule has 18 heavy (non-hydrogen) atoms. The zero-order chi connectivity index (χ0) is 12.8. The van der Waals surface area contributed by atoms with Gasteiger partial charge in [0.2, 0.25) is 0 Å². The van der Waals surface area contributed by atoms with Gasteiger partial charge in [0, 0.05) is 31.0 Å². The summed E-state index contributed by atoms with van der Waals surface area (Å²) in [4.78, 5) is 6.73. The Labute approximate surface area is 113 Å². The summed E-state index contributed by atoms with van der Waals surface area (Å²) in [5.74, 6) is 0. The van der Waals surface area contributed by atoms with Gasteiger partial charge < -0.3 is 10.1 Å². The highest BCUT2D eigenvalue weighted by Gasteiger charge is 2.33. The van der Waals surface area contributed by atoms with Crippen LogP contribution >= 0.6 is 11.3 Å². The summed E-state index contributed by atoms with van der Waals surface area (Å²) in [6, 6.07) is 0. The van der Waals surface area contributed by atoms with Gasteiger partial charge in [-0.2, -0.15) is 0 Å². The molecule has 2 rings (SSSR count). The number of rotatable bonds is 6. The van der Waals surface area contributed by atoms with Crippen molar-refractivity contribution in [3.05, 3.63) is 16.6 Å². The maximum atomic E-state index is 5.45. The predicted octanol–water partition coefficient (Wildman–Crippen LogP) is 1.59. The third kappa shape index (κ3) is 3.75. The van der Waals surface area contributed by atoms with Crippen LogP contribution in [0.3, 0.4) is 0 Å². The normalized spacial score (nSPS) is 19.3. The molecule has 0 saturated carbocycles. The van der Waals surface area contributed by atoms with Crippen molar-refractivity contribution < 1.29 is 4.74 Å². The van der Waals surface area contributed by atoms with Crippen LogP contribution in [0.5, 0.6) is 0 Å². The molecule has 5 heteroatoms. The van der Waals surface area contributed by atoms with Gasteiger partial charge >= 0.3 is 0 Å². The van der Waals surface area contributed by atoms with E-state index in [9.17, 15) is 0 Å². The molecule has 1 fully saturated rings. The van der Waals surface area contributed by atoms with Gasteiger partial charge in [-0.1, -0.05) is 0 Å². The summed E-state index contributed by atoms with van der Waals surface area (Å²) in [5.41, 5.74) is 3.38. The summed E-state index contributed by atoms with van der Waals surface area (Å²) >= 11 is 1.66. The highest BCUT2D eigenvalue weighted by molar-refractivity contribution is 7.07. The third-order valence-electron chi connectivity index (χ3n) is 3.64. The molecule has 0 amide bonds. The molecule has 0 spiro atoms. The van der Waals surface area contributed by atoms with Gasteiger partial charge in [-0.05, 0) is 33.0 Å². The number of ether oxygens (including phenoxy) is 1. The Kier molecular flexibility index (Phi) is 5.12. The number of nitrogens with zero attached hydrogens (tertiary/aromatic N) is 2. The average molecular weight is 269 g/mol. The van der Waals surface area contributed by atoms with E-state index in [2.05, 4.69) is 27.6 Å². The van der Waals surface area contributed by atoms with Gasteiger partial charge in [-0.25, -0.2) is 4.98 Å². The Bertz CT molecular complexity index is 331. The highest BCUT2D eigenvalue weighted by atomic mass is 32.1. The van der Waals surface area contributed by atoms with Gasteiger partial charge in [-0.15, -0.1) is 11.3 Å². The molecule has 0 aliphatic carbocycles. The number of thiazole rings is 1. The van der Waals surface area contributed by atoms with Crippen LogP contribution < -0.4 is 5.32 Å². The van der Waals surface area contributed by atoms with E-state index in [1.54, 1.807) is 11.3 Å². The standard InChI is InChI=1S/C13H23N3OS/c1-16(7-12-8-18-11-15-12)9-13(10-17-2)3-5-14-6-4-13/h8,11,14H,3-7,9-10H2,1-2H3. The van der Waals surface area contributed by atoms with E-state index in [1.165, 1.54) is 18.5 Å². The zero-order valence-corrected chi connectivity index (χ0v) is 12.1. The van der Waals surface area contributed by atoms with E-state index in [0.717, 1.165) is 32.8 Å². The Morgan fingerprint density at radius 3 is 2.89 bits per heavy atom. The topological polar surface area (TPSA) is 37.4 Å². The number of hydrogen-bond donors (Lipinski definition) is 1. The third-order valence-corrected chi connectivity index (χ3v) is 4.27. The summed E-state index contributed by atoms with van der Waals surface area (Å²) < 4.78 is 5.45. The predicted molar refractivity (Wildman–Crippen MR) is 74.9 cm³/mol. The largest absolute Gasteiger partial charge is 0.384 e. The Morgan fingerprint density at radius 1 is 1.50 bits per heavy atom. The summed E-state index contributed by atoms with van der Waals surface area (Å²) in [5, 5.41) is 5.56. The molecular weight excluding hydrogens is 246 g/mol. The van der Waals surface area contributed by atoms with Gasteiger partial charge in [0.25, 0.3) is 0 Å². The van der Waals surface area contributed by atoms with Gasteiger partial charge in [0.15, 0.2) is 0 Å². The SMILES string of the molecule is COCC1(CN(C)Cc2cscn2)CCNCC1. The molecule has 1 N–H and O–H groups in total. The minimum Gasteiger partial charge on any atom is -0.384 e. The molecule has 0 aromatic carbocycles. The molecule has 0 bridgehead atoms. The molecule has 1 aromatic rings. The molecule has 4 nitrogen and oxygen atoms in total. The van der Waals surface area contributed by atoms with Crippen LogP contribution in [0, 0.1) is 5.41 Å². The van der Waals surface area contributed by atoms with Crippen LogP contribution in [-0.2, 0) is 11.3 Å². The van der Waals surface area contributed by atoms with Crippen molar-refractivity contribution in [3.63, 3.8) is 0 Å². The maximum absolute atomic E-state index is 5.45.